The lowest BCUT2D eigenvalue weighted by molar-refractivity contribution is -0.115. The monoisotopic (exact) mass is 287 g/mol. The second kappa shape index (κ2) is 5.96. The minimum Gasteiger partial charge on any atom is -0.508 e. The molecule has 0 radical (unpaired) electrons. The van der Waals surface area contributed by atoms with Crippen LogP contribution in [0.5, 0.6) is 11.5 Å². The maximum Gasteiger partial charge on any atom is 0.339 e. The second-order valence-corrected chi connectivity index (χ2v) is 4.43. The van der Waals surface area contributed by atoms with Gasteiger partial charge in [-0.15, -0.1) is 0 Å². The zero-order chi connectivity index (χ0) is 15.4. The summed E-state index contributed by atoms with van der Waals surface area (Å²) in [5, 5.41) is 30.2. The van der Waals surface area contributed by atoms with Gasteiger partial charge in [0, 0.05) is 11.8 Å². The number of nitrogens with one attached hydrogen (secondary N) is 1. The minimum atomic E-state index is -1.25. The molecule has 2 aromatic carbocycles. The molecule has 0 aliphatic heterocycles. The van der Waals surface area contributed by atoms with Gasteiger partial charge in [0.25, 0.3) is 0 Å². The number of anilines is 1. The summed E-state index contributed by atoms with van der Waals surface area (Å²) in [5.74, 6) is -1.94. The molecule has 0 unspecified atom stereocenters. The topological polar surface area (TPSA) is 107 Å². The van der Waals surface area contributed by atoms with Crippen molar-refractivity contribution in [2.45, 2.75) is 6.42 Å². The Morgan fingerprint density at radius 1 is 1.05 bits per heavy atom. The fraction of sp³-hybridized carbons (Fsp3) is 0.0667. The first kappa shape index (κ1) is 14.4. The number of rotatable bonds is 4. The molecule has 6 nitrogen and oxygen atoms in total. The van der Waals surface area contributed by atoms with Crippen molar-refractivity contribution < 1.29 is 24.9 Å². The lowest BCUT2D eigenvalue weighted by Crippen LogP contribution is -2.14. The first-order valence-corrected chi connectivity index (χ1v) is 6.10. The number of phenolic OH excluding ortho intramolecular Hbond substituents is 1. The molecule has 0 aliphatic rings. The fourth-order valence-electron chi connectivity index (χ4n) is 1.85. The number of aromatic hydroxyl groups is 2. The molecule has 6 heteroatoms. The molecule has 4 N–H and O–H groups in total. The molecule has 0 fully saturated rings. The summed E-state index contributed by atoms with van der Waals surface area (Å²) in [5.41, 5.74) is 0.697. The Bertz CT molecular complexity index is 696. The predicted octanol–water partition coefficient (Wildman–Crippen LogP) is 1.98. The van der Waals surface area contributed by atoms with Crippen molar-refractivity contribution in [3.63, 3.8) is 0 Å². The molecule has 0 saturated carbocycles. The average molecular weight is 287 g/mol. The van der Waals surface area contributed by atoms with Crippen molar-refractivity contribution in [2.24, 2.45) is 0 Å². The maximum absolute atomic E-state index is 11.8. The molecule has 0 heterocycles. The summed E-state index contributed by atoms with van der Waals surface area (Å²) in [6.45, 7) is 0. The highest BCUT2D eigenvalue weighted by molar-refractivity contribution is 5.95. The molecule has 21 heavy (non-hydrogen) atoms. The van der Waals surface area contributed by atoms with Crippen LogP contribution in [0.15, 0.2) is 42.5 Å². The molecular weight excluding hydrogens is 274 g/mol. The largest absolute Gasteiger partial charge is 0.508 e. The van der Waals surface area contributed by atoms with E-state index in [9.17, 15) is 19.8 Å². The quantitative estimate of drug-likeness (QED) is 0.688. The number of carboxylic acids is 1. The Labute approximate surface area is 120 Å². The van der Waals surface area contributed by atoms with E-state index in [1.165, 1.54) is 30.3 Å². The van der Waals surface area contributed by atoms with Gasteiger partial charge in [-0.2, -0.15) is 0 Å². The standard InChI is InChI=1S/C15H13NO5/c17-11-3-1-2-9(6-11)7-14(19)16-10-4-5-12(15(20)21)13(18)8-10/h1-6,8,17-18H,7H2,(H,16,19)(H,20,21). The fourth-order valence-corrected chi connectivity index (χ4v) is 1.85. The van der Waals surface area contributed by atoms with E-state index in [2.05, 4.69) is 5.32 Å². The molecule has 2 rings (SSSR count). The highest BCUT2D eigenvalue weighted by atomic mass is 16.4. The summed E-state index contributed by atoms with van der Waals surface area (Å²) < 4.78 is 0. The van der Waals surface area contributed by atoms with E-state index >= 15 is 0 Å². The van der Waals surface area contributed by atoms with E-state index in [-0.39, 0.29) is 23.6 Å². The Kier molecular flexibility index (Phi) is 4.08. The van der Waals surface area contributed by atoms with Crippen molar-refractivity contribution >= 4 is 17.6 Å². The van der Waals surface area contributed by atoms with Gasteiger partial charge in [0.05, 0.1) is 6.42 Å². The van der Waals surface area contributed by atoms with Crippen LogP contribution in [0.4, 0.5) is 5.69 Å². The summed E-state index contributed by atoms with van der Waals surface area (Å²) in [6.07, 6.45) is 0.0514. The molecule has 0 aliphatic carbocycles. The Morgan fingerprint density at radius 3 is 2.43 bits per heavy atom. The van der Waals surface area contributed by atoms with Crippen molar-refractivity contribution in [3.05, 3.63) is 53.6 Å². The third-order valence-corrected chi connectivity index (χ3v) is 2.79. The average Bonchev–Trinajstić information content (AvgIpc) is 2.38. The van der Waals surface area contributed by atoms with Crippen LogP contribution in [0.2, 0.25) is 0 Å². The van der Waals surface area contributed by atoms with Crippen molar-refractivity contribution in [1.29, 1.82) is 0 Å². The maximum atomic E-state index is 11.8. The van der Waals surface area contributed by atoms with Crippen LogP contribution >= 0.6 is 0 Å². The van der Waals surface area contributed by atoms with Crippen molar-refractivity contribution in [3.8, 4) is 11.5 Å². The first-order chi connectivity index (χ1) is 9.95. The molecule has 108 valence electrons. The molecule has 0 saturated heterocycles. The van der Waals surface area contributed by atoms with Gasteiger partial charge in [-0.05, 0) is 29.8 Å². The van der Waals surface area contributed by atoms with Gasteiger partial charge in [-0.1, -0.05) is 12.1 Å². The van der Waals surface area contributed by atoms with E-state index < -0.39 is 11.7 Å². The predicted molar refractivity (Wildman–Crippen MR) is 75.5 cm³/mol. The normalized spacial score (nSPS) is 10.1. The minimum absolute atomic E-state index is 0.0514. The van der Waals surface area contributed by atoms with Gasteiger partial charge >= 0.3 is 5.97 Å². The third-order valence-electron chi connectivity index (χ3n) is 2.79. The molecule has 0 spiro atoms. The second-order valence-electron chi connectivity index (χ2n) is 4.43. The summed E-state index contributed by atoms with van der Waals surface area (Å²) >= 11 is 0. The lowest BCUT2D eigenvalue weighted by atomic mass is 10.1. The zero-order valence-electron chi connectivity index (χ0n) is 10.9. The van der Waals surface area contributed by atoms with Crippen LogP contribution in [0.25, 0.3) is 0 Å². The SMILES string of the molecule is O=C(Cc1cccc(O)c1)Nc1ccc(C(=O)O)c(O)c1. The van der Waals surface area contributed by atoms with Gasteiger partial charge in [0.1, 0.15) is 17.1 Å². The van der Waals surface area contributed by atoms with Crippen LogP contribution in [-0.4, -0.2) is 27.2 Å². The molecule has 1 amide bonds. The Hall–Kier alpha value is -3.02. The smallest absolute Gasteiger partial charge is 0.339 e. The Balaban J connectivity index is 2.06. The van der Waals surface area contributed by atoms with Crippen LogP contribution in [-0.2, 0) is 11.2 Å². The summed E-state index contributed by atoms with van der Waals surface area (Å²) in [4.78, 5) is 22.6. The number of hydrogen-bond donors (Lipinski definition) is 4. The van der Waals surface area contributed by atoms with Gasteiger partial charge in [0.2, 0.25) is 5.91 Å². The lowest BCUT2D eigenvalue weighted by Gasteiger charge is -2.07. The number of hydrogen-bond acceptors (Lipinski definition) is 4. The number of carbonyl (C=O) groups is 2. The first-order valence-electron chi connectivity index (χ1n) is 6.10. The number of carbonyl (C=O) groups excluding carboxylic acids is 1. The number of benzene rings is 2. The third kappa shape index (κ3) is 3.73. The number of carboxylic acid groups (broad SMARTS) is 1. The van der Waals surface area contributed by atoms with Gasteiger partial charge in [-0.3, -0.25) is 4.79 Å². The number of phenols is 2. The van der Waals surface area contributed by atoms with E-state index in [0.717, 1.165) is 0 Å². The molecular formula is C15H13NO5. The highest BCUT2D eigenvalue weighted by Gasteiger charge is 2.11. The van der Waals surface area contributed by atoms with Gasteiger partial charge < -0.3 is 20.6 Å². The van der Waals surface area contributed by atoms with Crippen LogP contribution in [0.3, 0.4) is 0 Å². The van der Waals surface area contributed by atoms with E-state index in [1.807, 2.05) is 0 Å². The van der Waals surface area contributed by atoms with Crippen molar-refractivity contribution in [2.75, 3.05) is 5.32 Å². The molecule has 0 aromatic heterocycles. The molecule has 2 aromatic rings. The molecule has 0 bridgehead atoms. The van der Waals surface area contributed by atoms with Gasteiger partial charge in [-0.25, -0.2) is 4.79 Å². The number of aromatic carboxylic acids is 1. The zero-order valence-corrected chi connectivity index (χ0v) is 10.9. The van der Waals surface area contributed by atoms with Gasteiger partial charge in [0.15, 0.2) is 0 Å². The Morgan fingerprint density at radius 2 is 1.81 bits per heavy atom. The van der Waals surface area contributed by atoms with Crippen LogP contribution in [0, 0.1) is 0 Å². The highest BCUT2D eigenvalue weighted by Crippen LogP contribution is 2.22. The van der Waals surface area contributed by atoms with E-state index in [0.29, 0.717) is 11.3 Å². The van der Waals surface area contributed by atoms with E-state index in [4.69, 9.17) is 5.11 Å². The molecule has 0 atom stereocenters. The van der Waals surface area contributed by atoms with Crippen molar-refractivity contribution in [1.82, 2.24) is 0 Å². The van der Waals surface area contributed by atoms with Crippen LogP contribution < -0.4 is 5.32 Å². The number of amides is 1. The summed E-state index contributed by atoms with van der Waals surface area (Å²) in [7, 11) is 0. The summed E-state index contributed by atoms with van der Waals surface area (Å²) in [6, 6.07) is 10.1. The van der Waals surface area contributed by atoms with Crippen LogP contribution in [0.1, 0.15) is 15.9 Å². The van der Waals surface area contributed by atoms with E-state index in [1.54, 1.807) is 12.1 Å².